The van der Waals surface area contributed by atoms with Crippen molar-refractivity contribution in [1.29, 1.82) is 0 Å². The molecule has 3 aliphatic carbocycles. The Kier molecular flexibility index (Phi) is 5.41. The Morgan fingerprint density at radius 3 is 2.46 bits per heavy atom. The van der Waals surface area contributed by atoms with E-state index in [1.54, 1.807) is 0 Å². The number of fused-ring (bicyclic) bond motifs is 3. The van der Waals surface area contributed by atoms with Crippen LogP contribution in [-0.4, -0.2) is 69.7 Å². The molecule has 1 aliphatic heterocycles. The Hall–Kier alpha value is -3.37. The van der Waals surface area contributed by atoms with Gasteiger partial charge in [-0.3, -0.25) is 14.4 Å². The molecule has 1 aromatic rings. The van der Waals surface area contributed by atoms with Crippen LogP contribution >= 0.6 is 0 Å². The lowest BCUT2D eigenvalue weighted by Crippen LogP contribution is -2.65. The quantitative estimate of drug-likeness (QED) is 0.337. The molecular weight excluding hydrogens is 454 g/mol. The fourth-order valence-corrected chi connectivity index (χ4v) is 6.36. The average Bonchev–Trinajstić information content (AvgIpc) is 2.82. The molecule has 7 N–H and O–H groups in total. The molecule has 10 heteroatoms. The van der Waals surface area contributed by atoms with Gasteiger partial charge < -0.3 is 36.4 Å². The van der Waals surface area contributed by atoms with Crippen molar-refractivity contribution in [3.63, 3.8) is 0 Å². The predicted molar refractivity (Wildman–Crippen MR) is 126 cm³/mol. The van der Waals surface area contributed by atoms with Gasteiger partial charge in [-0.1, -0.05) is 6.07 Å². The number of carbonyl (C=O) groups excluding carboxylic acids is 3. The van der Waals surface area contributed by atoms with Gasteiger partial charge in [-0.25, -0.2) is 0 Å². The molecule has 1 amide bonds. The third-order valence-electron chi connectivity index (χ3n) is 8.06. The summed E-state index contributed by atoms with van der Waals surface area (Å²) in [6.45, 7) is 1.53. The lowest BCUT2D eigenvalue weighted by Gasteiger charge is -2.48. The van der Waals surface area contributed by atoms with Gasteiger partial charge in [-0.05, 0) is 56.7 Å². The van der Waals surface area contributed by atoms with E-state index in [-0.39, 0.29) is 23.3 Å². The molecule has 0 radical (unpaired) electrons. The highest BCUT2D eigenvalue weighted by Gasteiger charge is 2.63. The number of nitrogens with one attached hydrogen (secondary N) is 1. The monoisotopic (exact) mass is 483 g/mol. The van der Waals surface area contributed by atoms with Crippen molar-refractivity contribution in [3.05, 3.63) is 40.2 Å². The number of piperidine rings is 1. The van der Waals surface area contributed by atoms with Gasteiger partial charge in [0.05, 0.1) is 17.3 Å². The molecule has 0 spiro atoms. The third-order valence-corrected chi connectivity index (χ3v) is 8.06. The molecule has 2 fully saturated rings. The van der Waals surface area contributed by atoms with Crippen LogP contribution in [0.25, 0.3) is 5.76 Å². The van der Waals surface area contributed by atoms with E-state index in [1.807, 2.05) is 17.0 Å². The lowest BCUT2D eigenvalue weighted by atomic mass is 9.57. The summed E-state index contributed by atoms with van der Waals surface area (Å²) in [5, 5.41) is 47.5. The zero-order valence-electron chi connectivity index (χ0n) is 19.4. The number of Topliss-reactive ketones (excluding diaryl/α,β-unsaturated/α-hetero) is 2. The van der Waals surface area contributed by atoms with Crippen molar-refractivity contribution in [2.75, 3.05) is 25.0 Å². The molecule has 1 saturated carbocycles. The summed E-state index contributed by atoms with van der Waals surface area (Å²) < 4.78 is 0. The third kappa shape index (κ3) is 3.13. The molecule has 0 aromatic heterocycles. The van der Waals surface area contributed by atoms with Gasteiger partial charge in [-0.2, -0.15) is 0 Å². The van der Waals surface area contributed by atoms with Crippen molar-refractivity contribution in [3.8, 4) is 5.75 Å². The number of carbonyl (C=O) groups is 3. The van der Waals surface area contributed by atoms with Gasteiger partial charge in [0.15, 0.2) is 11.4 Å². The number of hydrogen-bond acceptors (Lipinski definition) is 9. The van der Waals surface area contributed by atoms with Crippen LogP contribution in [0.1, 0.15) is 36.8 Å². The first kappa shape index (κ1) is 23.4. The van der Waals surface area contributed by atoms with E-state index >= 15 is 0 Å². The minimum Gasteiger partial charge on any atom is -0.508 e. The van der Waals surface area contributed by atoms with E-state index in [1.165, 1.54) is 7.05 Å². The molecule has 1 unspecified atom stereocenters. The van der Waals surface area contributed by atoms with Gasteiger partial charge in [-0.15, -0.1) is 0 Å². The average molecular weight is 484 g/mol. The summed E-state index contributed by atoms with van der Waals surface area (Å²) in [6.07, 6.45) is 3.44. The number of aliphatic hydroxyl groups is 3. The molecule has 10 nitrogen and oxygen atoms in total. The smallest absolute Gasteiger partial charge is 0.255 e. The van der Waals surface area contributed by atoms with Crippen LogP contribution in [-0.2, 0) is 20.8 Å². The number of benzene rings is 1. The molecule has 4 aliphatic rings. The van der Waals surface area contributed by atoms with Crippen molar-refractivity contribution < 1.29 is 34.8 Å². The number of phenols is 1. The van der Waals surface area contributed by atoms with E-state index in [0.717, 1.165) is 32.4 Å². The van der Waals surface area contributed by atoms with Crippen molar-refractivity contribution in [2.24, 2.45) is 17.6 Å². The lowest BCUT2D eigenvalue weighted by molar-refractivity contribution is -0.150. The Bertz CT molecular complexity index is 1210. The first-order valence-corrected chi connectivity index (χ1v) is 11.9. The maximum atomic E-state index is 13.7. The zero-order valence-corrected chi connectivity index (χ0v) is 19.4. The van der Waals surface area contributed by atoms with Gasteiger partial charge >= 0.3 is 0 Å². The van der Waals surface area contributed by atoms with E-state index in [9.17, 15) is 34.8 Å². The Balaban J connectivity index is 1.66. The molecule has 1 aromatic carbocycles. The number of ketones is 2. The van der Waals surface area contributed by atoms with E-state index in [4.69, 9.17) is 5.73 Å². The molecule has 35 heavy (non-hydrogen) atoms. The minimum absolute atomic E-state index is 0.0725. The first-order valence-electron chi connectivity index (χ1n) is 11.9. The Morgan fingerprint density at radius 2 is 1.83 bits per heavy atom. The highest BCUT2D eigenvalue weighted by molar-refractivity contribution is 6.24. The summed E-state index contributed by atoms with van der Waals surface area (Å²) in [5.74, 6) is -6.40. The van der Waals surface area contributed by atoms with Gasteiger partial charge in [0.25, 0.3) is 5.91 Å². The second-order valence-corrected chi connectivity index (χ2v) is 9.83. The summed E-state index contributed by atoms with van der Waals surface area (Å²) in [6, 6.07) is 2.50. The highest BCUT2D eigenvalue weighted by Crippen LogP contribution is 2.52. The Morgan fingerprint density at radius 1 is 1.14 bits per heavy atom. The van der Waals surface area contributed by atoms with Crippen LogP contribution in [0.4, 0.5) is 5.69 Å². The largest absolute Gasteiger partial charge is 0.508 e. The SMILES string of the molecule is CNC1C(=O)C(C(N)=O)=C(O)[C@@]2(O)C(=O)C3=C(O)c4c(ccc(N5CCCCC5)c4O)C[C@H]3C[C@@H]12. The van der Waals surface area contributed by atoms with Crippen LogP contribution in [0.5, 0.6) is 5.75 Å². The van der Waals surface area contributed by atoms with Gasteiger partial charge in [0, 0.05) is 24.6 Å². The normalized spacial score (nSPS) is 30.7. The second kappa shape index (κ2) is 8.10. The van der Waals surface area contributed by atoms with Crippen LogP contribution < -0.4 is 16.0 Å². The number of phenolic OH excluding ortho intramolecular Hbond substituents is 1. The number of nitrogens with two attached hydrogens (primary N) is 1. The maximum Gasteiger partial charge on any atom is 0.255 e. The summed E-state index contributed by atoms with van der Waals surface area (Å²) in [7, 11) is 1.45. The maximum absolute atomic E-state index is 13.7. The molecule has 186 valence electrons. The van der Waals surface area contributed by atoms with E-state index in [0.29, 0.717) is 17.7 Å². The molecule has 1 saturated heterocycles. The number of aliphatic hydroxyl groups excluding tert-OH is 2. The van der Waals surface area contributed by atoms with Crippen molar-refractivity contribution >= 4 is 28.9 Å². The topological polar surface area (TPSA) is 173 Å². The number of hydrogen-bond donors (Lipinski definition) is 6. The standard InChI is InChI=1S/C25H29N3O7/c1-27-18-13-10-12-9-11-5-6-14(28-7-3-2-4-8-28)19(29)15(11)20(30)16(12)22(32)25(13,35)23(33)17(21(18)31)24(26)34/h5-6,12-13,18,27,29-30,33,35H,2-4,7-10H2,1H3,(H2,26,34)/t12-,13-,18?,25-/m0/s1. The molecule has 5 rings (SSSR count). The summed E-state index contributed by atoms with van der Waals surface area (Å²) >= 11 is 0. The van der Waals surface area contributed by atoms with Crippen molar-refractivity contribution in [1.82, 2.24) is 5.32 Å². The molecular formula is C25H29N3O7. The molecule has 4 atom stereocenters. The summed E-state index contributed by atoms with van der Waals surface area (Å²) in [4.78, 5) is 40.6. The number of nitrogens with zero attached hydrogens (tertiary/aromatic N) is 1. The number of likely N-dealkylation sites (N-methyl/N-ethyl adjacent to an activating group) is 1. The van der Waals surface area contributed by atoms with E-state index in [2.05, 4.69) is 5.32 Å². The van der Waals surface area contributed by atoms with Gasteiger partial charge in [0.2, 0.25) is 5.78 Å². The second-order valence-electron chi connectivity index (χ2n) is 9.83. The zero-order chi connectivity index (χ0) is 25.2. The Labute approximate surface area is 201 Å². The fraction of sp³-hybridized carbons (Fsp3) is 0.480. The van der Waals surface area contributed by atoms with E-state index < -0.39 is 58.0 Å². The summed E-state index contributed by atoms with van der Waals surface area (Å²) in [5.41, 5.74) is 3.04. The number of aromatic hydroxyl groups is 1. The van der Waals surface area contributed by atoms with Crippen LogP contribution in [0.3, 0.4) is 0 Å². The highest BCUT2D eigenvalue weighted by atomic mass is 16.3. The molecule has 1 heterocycles. The van der Waals surface area contributed by atoms with Crippen LogP contribution in [0.15, 0.2) is 29.0 Å². The number of anilines is 1. The first-order chi connectivity index (χ1) is 16.6. The number of rotatable bonds is 3. The number of primary amides is 1. The van der Waals surface area contributed by atoms with Crippen LogP contribution in [0, 0.1) is 11.8 Å². The van der Waals surface area contributed by atoms with Gasteiger partial charge in [0.1, 0.15) is 22.8 Å². The van der Waals surface area contributed by atoms with Crippen LogP contribution in [0.2, 0.25) is 0 Å². The minimum atomic E-state index is -2.62. The number of amides is 1. The fourth-order valence-electron chi connectivity index (χ4n) is 6.36. The van der Waals surface area contributed by atoms with Crippen molar-refractivity contribution in [2.45, 2.75) is 43.7 Å². The molecule has 0 bridgehead atoms. The predicted octanol–water partition coefficient (Wildman–Crippen LogP) is 0.612.